The van der Waals surface area contributed by atoms with E-state index >= 15 is 0 Å². The van der Waals surface area contributed by atoms with Crippen molar-refractivity contribution in [1.82, 2.24) is 4.98 Å². The highest BCUT2D eigenvalue weighted by Gasteiger charge is 1.99. The predicted molar refractivity (Wildman–Crippen MR) is 71.1 cm³/mol. The maximum absolute atomic E-state index is 5.56. The number of aromatic nitrogens is 1. The quantitative estimate of drug-likeness (QED) is 0.601. The Bertz CT molecular complexity index is 461. The fourth-order valence-electron chi connectivity index (χ4n) is 1.12. The molecule has 1 aromatic rings. The summed E-state index contributed by atoms with van der Waals surface area (Å²) in [5, 5.41) is 0. The molecule has 0 radical (unpaired) electrons. The van der Waals surface area contributed by atoms with Crippen LogP contribution in [-0.4, -0.2) is 4.98 Å². The second kappa shape index (κ2) is 6.33. The van der Waals surface area contributed by atoms with Crippen LogP contribution in [0.2, 0.25) is 0 Å². The normalized spacial score (nSPS) is 10.1. The first-order chi connectivity index (χ1) is 8.13. The first-order valence-electron chi connectivity index (χ1n) is 5.14. The van der Waals surface area contributed by atoms with E-state index in [1.54, 1.807) is 30.5 Å². The number of pyridine rings is 1. The van der Waals surface area contributed by atoms with Crippen molar-refractivity contribution in [3.63, 3.8) is 0 Å². The molecule has 0 unspecified atom stereocenters. The lowest BCUT2D eigenvalue weighted by Crippen LogP contribution is -1.96. The first kappa shape index (κ1) is 12.8. The van der Waals surface area contributed by atoms with E-state index in [4.69, 9.17) is 10.5 Å². The van der Waals surface area contributed by atoms with Gasteiger partial charge in [0.1, 0.15) is 18.2 Å². The minimum atomic E-state index is 0.395. The largest absolute Gasteiger partial charge is 0.489 e. The summed E-state index contributed by atoms with van der Waals surface area (Å²) >= 11 is 0. The van der Waals surface area contributed by atoms with Crippen LogP contribution in [0.25, 0.3) is 0 Å². The molecule has 0 aliphatic carbocycles. The molecule has 1 aromatic heterocycles. The minimum absolute atomic E-state index is 0.395. The van der Waals surface area contributed by atoms with E-state index in [1.807, 2.05) is 6.07 Å². The zero-order valence-corrected chi connectivity index (χ0v) is 9.73. The summed E-state index contributed by atoms with van der Waals surface area (Å²) in [5.74, 6) is 1.00. The first-order valence-corrected chi connectivity index (χ1v) is 5.14. The molecule has 0 amide bonds. The molecule has 17 heavy (non-hydrogen) atoms. The van der Waals surface area contributed by atoms with Crippen LogP contribution in [0.1, 0.15) is 5.56 Å². The SMILES string of the molecule is C=CC=CC(=C)C(=C)OCc1ccnc(N)c1. The molecule has 0 saturated carbocycles. The molecule has 0 atom stereocenters. The summed E-state index contributed by atoms with van der Waals surface area (Å²) in [7, 11) is 0. The topological polar surface area (TPSA) is 48.1 Å². The van der Waals surface area contributed by atoms with Crippen molar-refractivity contribution >= 4 is 5.82 Å². The van der Waals surface area contributed by atoms with E-state index in [2.05, 4.69) is 24.7 Å². The molecule has 0 spiro atoms. The van der Waals surface area contributed by atoms with Gasteiger partial charge in [-0.2, -0.15) is 0 Å². The highest BCUT2D eigenvalue weighted by atomic mass is 16.5. The van der Waals surface area contributed by atoms with Crippen molar-refractivity contribution in [3.05, 3.63) is 73.2 Å². The number of hydrogen-bond donors (Lipinski definition) is 1. The Labute approximate surface area is 102 Å². The molecule has 88 valence electrons. The predicted octanol–water partition coefficient (Wildman–Crippen LogP) is 2.99. The van der Waals surface area contributed by atoms with Crippen LogP contribution in [0, 0.1) is 0 Å². The lowest BCUT2D eigenvalue weighted by molar-refractivity contribution is 0.209. The maximum atomic E-state index is 5.56. The van der Waals surface area contributed by atoms with Gasteiger partial charge in [-0.05, 0) is 17.7 Å². The molecule has 0 aliphatic rings. The highest BCUT2D eigenvalue weighted by Crippen LogP contribution is 2.12. The number of nitrogens with zero attached hydrogens (tertiary/aromatic N) is 1. The zero-order chi connectivity index (χ0) is 12.7. The van der Waals surface area contributed by atoms with Gasteiger partial charge in [-0.3, -0.25) is 0 Å². The Hall–Kier alpha value is -2.29. The summed E-state index contributed by atoms with van der Waals surface area (Å²) in [6.07, 6.45) is 6.88. The van der Waals surface area contributed by atoms with Crippen LogP contribution < -0.4 is 5.73 Å². The molecule has 3 nitrogen and oxygen atoms in total. The van der Waals surface area contributed by atoms with Gasteiger partial charge in [-0.1, -0.05) is 38.0 Å². The van der Waals surface area contributed by atoms with Crippen LogP contribution in [0.3, 0.4) is 0 Å². The average molecular weight is 228 g/mol. The molecule has 0 bridgehead atoms. The molecule has 1 rings (SSSR count). The van der Waals surface area contributed by atoms with E-state index in [1.165, 1.54) is 0 Å². The van der Waals surface area contributed by atoms with Gasteiger partial charge < -0.3 is 10.5 Å². The lowest BCUT2D eigenvalue weighted by atomic mass is 10.2. The van der Waals surface area contributed by atoms with E-state index in [9.17, 15) is 0 Å². The Kier molecular flexibility index (Phi) is 4.76. The fraction of sp³-hybridized carbons (Fsp3) is 0.0714. The third kappa shape index (κ3) is 4.38. The van der Waals surface area contributed by atoms with E-state index in [0.29, 0.717) is 23.8 Å². The van der Waals surface area contributed by atoms with Crippen LogP contribution >= 0.6 is 0 Å². The van der Waals surface area contributed by atoms with Gasteiger partial charge in [0.15, 0.2) is 0 Å². The third-order valence-electron chi connectivity index (χ3n) is 2.05. The summed E-state index contributed by atoms with van der Waals surface area (Å²) in [5.41, 5.74) is 7.22. The molecular weight excluding hydrogens is 212 g/mol. The lowest BCUT2D eigenvalue weighted by Gasteiger charge is -2.09. The van der Waals surface area contributed by atoms with E-state index < -0.39 is 0 Å². The van der Waals surface area contributed by atoms with Gasteiger partial charge in [-0.15, -0.1) is 0 Å². The summed E-state index contributed by atoms with van der Waals surface area (Å²) < 4.78 is 5.48. The Morgan fingerprint density at radius 2 is 2.24 bits per heavy atom. The second-order valence-corrected chi connectivity index (χ2v) is 3.42. The number of ether oxygens (including phenoxy) is 1. The van der Waals surface area contributed by atoms with Gasteiger partial charge >= 0.3 is 0 Å². The molecule has 0 aliphatic heterocycles. The average Bonchev–Trinajstić information content (AvgIpc) is 2.33. The van der Waals surface area contributed by atoms with Gasteiger partial charge in [0.05, 0.1) is 0 Å². The standard InChI is InChI=1S/C14H16N2O/c1-4-5-6-11(2)12(3)17-10-13-7-8-16-14(15)9-13/h4-9H,1-3,10H2,(H2,15,16). The van der Waals surface area contributed by atoms with Gasteiger partial charge in [-0.25, -0.2) is 4.98 Å². The van der Waals surface area contributed by atoms with Crippen molar-refractivity contribution in [2.24, 2.45) is 0 Å². The zero-order valence-electron chi connectivity index (χ0n) is 9.73. The summed E-state index contributed by atoms with van der Waals surface area (Å²) in [4.78, 5) is 3.90. The van der Waals surface area contributed by atoms with Crippen molar-refractivity contribution in [3.8, 4) is 0 Å². The van der Waals surface area contributed by atoms with Gasteiger partial charge in [0, 0.05) is 11.8 Å². The van der Waals surface area contributed by atoms with Crippen molar-refractivity contribution in [1.29, 1.82) is 0 Å². The van der Waals surface area contributed by atoms with Crippen molar-refractivity contribution in [2.45, 2.75) is 6.61 Å². The third-order valence-corrected chi connectivity index (χ3v) is 2.05. The molecule has 0 fully saturated rings. The second-order valence-electron chi connectivity index (χ2n) is 3.42. The highest BCUT2D eigenvalue weighted by molar-refractivity contribution is 5.34. The minimum Gasteiger partial charge on any atom is -0.489 e. The number of anilines is 1. The van der Waals surface area contributed by atoms with E-state index in [0.717, 1.165) is 5.56 Å². The smallest absolute Gasteiger partial charge is 0.123 e. The molecule has 0 aromatic carbocycles. The fourth-order valence-corrected chi connectivity index (χ4v) is 1.12. The maximum Gasteiger partial charge on any atom is 0.123 e. The van der Waals surface area contributed by atoms with Crippen LogP contribution in [0.5, 0.6) is 0 Å². The number of allylic oxidation sites excluding steroid dienone is 3. The number of hydrogen-bond acceptors (Lipinski definition) is 3. The number of nitrogen functional groups attached to an aromatic ring is 1. The molecule has 3 heteroatoms. The number of nitrogens with two attached hydrogens (primary N) is 1. The summed E-state index contributed by atoms with van der Waals surface area (Å²) in [6.45, 7) is 11.6. The number of rotatable bonds is 6. The molecule has 2 N–H and O–H groups in total. The van der Waals surface area contributed by atoms with Crippen LogP contribution in [0.15, 0.2) is 67.6 Å². The monoisotopic (exact) mass is 228 g/mol. The van der Waals surface area contributed by atoms with Crippen LogP contribution in [0.4, 0.5) is 5.82 Å². The Morgan fingerprint density at radius 1 is 1.47 bits per heavy atom. The molecule has 1 heterocycles. The van der Waals surface area contributed by atoms with Crippen molar-refractivity contribution < 1.29 is 4.74 Å². The Balaban J connectivity index is 2.51. The van der Waals surface area contributed by atoms with Gasteiger partial charge in [0.25, 0.3) is 0 Å². The molecule has 0 saturated heterocycles. The molecular formula is C14H16N2O. The van der Waals surface area contributed by atoms with Gasteiger partial charge in [0.2, 0.25) is 0 Å². The van der Waals surface area contributed by atoms with Crippen molar-refractivity contribution in [2.75, 3.05) is 5.73 Å². The van der Waals surface area contributed by atoms with Crippen LogP contribution in [-0.2, 0) is 11.3 Å². The Morgan fingerprint density at radius 3 is 2.88 bits per heavy atom. The summed E-state index contributed by atoms with van der Waals surface area (Å²) in [6, 6.07) is 3.60. The van der Waals surface area contributed by atoms with E-state index in [-0.39, 0.29) is 0 Å².